The van der Waals surface area contributed by atoms with Crippen LogP contribution in [-0.2, 0) is 12.8 Å². The van der Waals surface area contributed by atoms with Gasteiger partial charge >= 0.3 is 0 Å². The molecule has 5 heteroatoms. The monoisotopic (exact) mass is 398 g/mol. The van der Waals surface area contributed by atoms with Crippen LogP contribution in [0.2, 0.25) is 0 Å². The molecule has 1 aliphatic carbocycles. The second-order valence-corrected chi connectivity index (χ2v) is 7.86. The first-order valence-electron chi connectivity index (χ1n) is 10.9. The predicted molar refractivity (Wildman–Crippen MR) is 115 cm³/mol. The SMILES string of the molecule is CCOc1cc2c(cc1OCCCN1CCN(c3cccc(F)c3)CC1)CCC2. The molecule has 0 saturated carbocycles. The molecule has 1 fully saturated rings. The zero-order valence-electron chi connectivity index (χ0n) is 17.3. The lowest BCUT2D eigenvalue weighted by molar-refractivity contribution is 0.219. The fraction of sp³-hybridized carbons (Fsp3) is 0.500. The third-order valence-corrected chi connectivity index (χ3v) is 5.88. The van der Waals surface area contributed by atoms with Gasteiger partial charge < -0.3 is 14.4 Å². The molecule has 0 radical (unpaired) electrons. The molecule has 1 aliphatic heterocycles. The van der Waals surface area contributed by atoms with Crippen molar-refractivity contribution in [3.8, 4) is 11.5 Å². The van der Waals surface area contributed by atoms with E-state index in [0.29, 0.717) is 13.2 Å². The summed E-state index contributed by atoms with van der Waals surface area (Å²) in [6.07, 6.45) is 4.51. The van der Waals surface area contributed by atoms with Crippen molar-refractivity contribution in [1.29, 1.82) is 0 Å². The van der Waals surface area contributed by atoms with E-state index in [4.69, 9.17) is 9.47 Å². The molecule has 0 bridgehead atoms. The quantitative estimate of drug-likeness (QED) is 0.619. The Balaban J connectivity index is 1.23. The summed E-state index contributed by atoms with van der Waals surface area (Å²) in [5.41, 5.74) is 3.81. The van der Waals surface area contributed by atoms with E-state index in [1.807, 2.05) is 13.0 Å². The number of aryl methyl sites for hydroxylation is 2. The lowest BCUT2D eigenvalue weighted by atomic mass is 10.1. The molecule has 2 aliphatic rings. The van der Waals surface area contributed by atoms with Crippen molar-refractivity contribution in [2.75, 3.05) is 50.8 Å². The van der Waals surface area contributed by atoms with Crippen molar-refractivity contribution < 1.29 is 13.9 Å². The summed E-state index contributed by atoms with van der Waals surface area (Å²) < 4.78 is 25.3. The summed E-state index contributed by atoms with van der Waals surface area (Å²) >= 11 is 0. The van der Waals surface area contributed by atoms with Crippen LogP contribution < -0.4 is 14.4 Å². The van der Waals surface area contributed by atoms with Gasteiger partial charge in [0.25, 0.3) is 0 Å². The fourth-order valence-corrected chi connectivity index (χ4v) is 4.33. The highest BCUT2D eigenvalue weighted by atomic mass is 19.1. The number of hydrogen-bond donors (Lipinski definition) is 0. The third kappa shape index (κ3) is 5.02. The van der Waals surface area contributed by atoms with Gasteiger partial charge in [-0.05, 0) is 74.1 Å². The topological polar surface area (TPSA) is 24.9 Å². The van der Waals surface area contributed by atoms with Gasteiger partial charge in [-0.3, -0.25) is 4.90 Å². The molecule has 1 heterocycles. The number of anilines is 1. The predicted octanol–water partition coefficient (Wildman–Crippen LogP) is 4.30. The van der Waals surface area contributed by atoms with Crippen LogP contribution in [0.4, 0.5) is 10.1 Å². The van der Waals surface area contributed by atoms with Crippen LogP contribution in [0.15, 0.2) is 36.4 Å². The van der Waals surface area contributed by atoms with Crippen LogP contribution in [0.25, 0.3) is 0 Å². The van der Waals surface area contributed by atoms with E-state index in [1.165, 1.54) is 23.6 Å². The van der Waals surface area contributed by atoms with Crippen LogP contribution in [0.3, 0.4) is 0 Å². The molecule has 2 aromatic carbocycles. The van der Waals surface area contributed by atoms with E-state index >= 15 is 0 Å². The van der Waals surface area contributed by atoms with Crippen molar-refractivity contribution in [2.24, 2.45) is 0 Å². The summed E-state index contributed by atoms with van der Waals surface area (Å²) in [6.45, 7) is 8.26. The highest BCUT2D eigenvalue weighted by molar-refractivity contribution is 5.49. The summed E-state index contributed by atoms with van der Waals surface area (Å²) in [5.74, 6) is 1.61. The highest BCUT2D eigenvalue weighted by Gasteiger charge is 2.18. The average molecular weight is 399 g/mol. The van der Waals surface area contributed by atoms with Crippen molar-refractivity contribution in [3.63, 3.8) is 0 Å². The van der Waals surface area contributed by atoms with Crippen molar-refractivity contribution in [2.45, 2.75) is 32.6 Å². The Morgan fingerprint density at radius 1 is 0.931 bits per heavy atom. The van der Waals surface area contributed by atoms with Crippen molar-refractivity contribution in [3.05, 3.63) is 53.3 Å². The van der Waals surface area contributed by atoms with Crippen LogP contribution in [0.5, 0.6) is 11.5 Å². The number of nitrogens with zero attached hydrogens (tertiary/aromatic N) is 2. The zero-order valence-corrected chi connectivity index (χ0v) is 17.3. The Morgan fingerprint density at radius 2 is 1.66 bits per heavy atom. The molecule has 1 saturated heterocycles. The van der Waals surface area contributed by atoms with Gasteiger partial charge in [-0.25, -0.2) is 4.39 Å². The van der Waals surface area contributed by atoms with Gasteiger partial charge in [-0.2, -0.15) is 0 Å². The molecule has 29 heavy (non-hydrogen) atoms. The molecule has 156 valence electrons. The zero-order chi connectivity index (χ0) is 20.1. The van der Waals surface area contributed by atoms with Crippen LogP contribution in [0.1, 0.15) is 30.9 Å². The smallest absolute Gasteiger partial charge is 0.161 e. The molecule has 0 amide bonds. The molecular weight excluding hydrogens is 367 g/mol. The van der Waals surface area contributed by atoms with Crippen LogP contribution in [0, 0.1) is 5.82 Å². The highest BCUT2D eigenvalue weighted by Crippen LogP contribution is 2.35. The average Bonchev–Trinajstić information content (AvgIpc) is 3.19. The largest absolute Gasteiger partial charge is 0.490 e. The first kappa shape index (κ1) is 20.0. The molecule has 2 aromatic rings. The second-order valence-electron chi connectivity index (χ2n) is 7.86. The van der Waals surface area contributed by atoms with Gasteiger partial charge in [0, 0.05) is 38.4 Å². The minimum Gasteiger partial charge on any atom is -0.490 e. The summed E-state index contributed by atoms with van der Waals surface area (Å²) in [6, 6.07) is 11.2. The molecule has 0 unspecified atom stereocenters. The van der Waals surface area contributed by atoms with E-state index in [9.17, 15) is 4.39 Å². The number of benzene rings is 2. The number of fused-ring (bicyclic) bond motifs is 1. The van der Waals surface area contributed by atoms with Gasteiger partial charge in [-0.15, -0.1) is 0 Å². The fourth-order valence-electron chi connectivity index (χ4n) is 4.33. The maximum Gasteiger partial charge on any atom is 0.161 e. The molecule has 0 aromatic heterocycles. The second kappa shape index (κ2) is 9.49. The first-order valence-corrected chi connectivity index (χ1v) is 10.9. The summed E-state index contributed by atoms with van der Waals surface area (Å²) in [5, 5.41) is 0. The van der Waals surface area contributed by atoms with E-state index in [0.717, 1.165) is 69.2 Å². The Kier molecular flexibility index (Phi) is 6.55. The van der Waals surface area contributed by atoms with Gasteiger partial charge in [0.05, 0.1) is 13.2 Å². The van der Waals surface area contributed by atoms with Crippen molar-refractivity contribution >= 4 is 5.69 Å². The molecular formula is C24H31FN2O2. The number of halogens is 1. The molecule has 0 atom stereocenters. The minimum atomic E-state index is -0.167. The van der Waals surface area contributed by atoms with E-state index < -0.39 is 0 Å². The Bertz CT molecular complexity index is 819. The maximum atomic E-state index is 13.4. The van der Waals surface area contributed by atoms with Gasteiger partial charge in [0.1, 0.15) is 5.82 Å². The van der Waals surface area contributed by atoms with Gasteiger partial charge in [0.2, 0.25) is 0 Å². The van der Waals surface area contributed by atoms with E-state index in [2.05, 4.69) is 21.9 Å². The van der Waals surface area contributed by atoms with Gasteiger partial charge in [0.15, 0.2) is 11.5 Å². The molecule has 0 N–H and O–H groups in total. The number of rotatable bonds is 8. The summed E-state index contributed by atoms with van der Waals surface area (Å²) in [7, 11) is 0. The molecule has 4 rings (SSSR count). The lowest BCUT2D eigenvalue weighted by Crippen LogP contribution is -2.46. The Morgan fingerprint density at radius 3 is 2.34 bits per heavy atom. The lowest BCUT2D eigenvalue weighted by Gasteiger charge is -2.36. The maximum absolute atomic E-state index is 13.4. The Hall–Kier alpha value is -2.27. The van der Waals surface area contributed by atoms with Gasteiger partial charge in [-0.1, -0.05) is 6.07 Å². The number of ether oxygens (including phenoxy) is 2. The first-order chi connectivity index (χ1) is 14.2. The Labute approximate surface area is 173 Å². The van der Waals surface area contributed by atoms with E-state index in [-0.39, 0.29) is 5.82 Å². The van der Waals surface area contributed by atoms with E-state index in [1.54, 1.807) is 12.1 Å². The normalized spacial score (nSPS) is 16.7. The number of hydrogen-bond acceptors (Lipinski definition) is 4. The molecule has 0 spiro atoms. The van der Waals surface area contributed by atoms with Crippen LogP contribution >= 0.6 is 0 Å². The third-order valence-electron chi connectivity index (χ3n) is 5.88. The number of piperazine rings is 1. The minimum absolute atomic E-state index is 0.167. The van der Waals surface area contributed by atoms with Crippen LogP contribution in [-0.4, -0.2) is 50.8 Å². The standard InChI is InChI=1S/C24H31FN2O2/c1-2-28-23-16-19-6-3-7-20(19)17-24(23)29-15-5-10-26-11-13-27(14-12-26)22-9-4-8-21(25)18-22/h4,8-9,16-18H,2-3,5-7,10-15H2,1H3. The summed E-state index contributed by atoms with van der Waals surface area (Å²) in [4.78, 5) is 4.72. The molecule has 4 nitrogen and oxygen atoms in total. The van der Waals surface area contributed by atoms with Crippen molar-refractivity contribution in [1.82, 2.24) is 4.90 Å².